The number of hydrogen-bond acceptors (Lipinski definition) is 3. The van der Waals surface area contributed by atoms with Crippen LogP contribution in [0.2, 0.25) is 0 Å². The second-order valence-electron chi connectivity index (χ2n) is 5.49. The molecule has 0 saturated heterocycles. The molecule has 1 aromatic heterocycles. The summed E-state index contributed by atoms with van der Waals surface area (Å²) in [7, 11) is 0. The van der Waals surface area contributed by atoms with Gasteiger partial charge < -0.3 is 5.32 Å². The van der Waals surface area contributed by atoms with Gasteiger partial charge in [-0.1, -0.05) is 32.6 Å². The minimum absolute atomic E-state index is 0.756. The first-order valence-electron chi connectivity index (χ1n) is 7.50. The maximum Gasteiger partial charge on any atom is 0.0937 e. The Labute approximate surface area is 115 Å². The number of thiazole rings is 1. The van der Waals surface area contributed by atoms with Gasteiger partial charge in [0.05, 0.1) is 5.01 Å². The van der Waals surface area contributed by atoms with Crippen LogP contribution < -0.4 is 5.32 Å². The Morgan fingerprint density at radius 3 is 3.06 bits per heavy atom. The van der Waals surface area contributed by atoms with E-state index in [4.69, 9.17) is 0 Å². The van der Waals surface area contributed by atoms with Gasteiger partial charge in [-0.05, 0) is 25.2 Å². The van der Waals surface area contributed by atoms with Gasteiger partial charge in [-0.2, -0.15) is 0 Å². The van der Waals surface area contributed by atoms with Gasteiger partial charge in [-0.25, -0.2) is 4.98 Å². The fourth-order valence-corrected chi connectivity index (χ4v) is 3.66. The molecule has 2 rings (SSSR count). The molecule has 0 bridgehead atoms. The Morgan fingerprint density at radius 1 is 1.33 bits per heavy atom. The third-order valence-electron chi connectivity index (χ3n) is 4.04. The van der Waals surface area contributed by atoms with Gasteiger partial charge >= 0.3 is 0 Å². The van der Waals surface area contributed by atoms with Crippen molar-refractivity contribution in [2.75, 3.05) is 6.54 Å². The van der Waals surface area contributed by atoms with Crippen LogP contribution in [0, 0.1) is 5.92 Å². The molecule has 1 aliphatic carbocycles. The number of aromatic nitrogens is 1. The van der Waals surface area contributed by atoms with Crippen LogP contribution in [0.3, 0.4) is 0 Å². The predicted molar refractivity (Wildman–Crippen MR) is 79.1 cm³/mol. The molecule has 0 aromatic carbocycles. The van der Waals surface area contributed by atoms with E-state index in [0.29, 0.717) is 0 Å². The molecule has 2 atom stereocenters. The van der Waals surface area contributed by atoms with Gasteiger partial charge in [0.25, 0.3) is 0 Å². The zero-order valence-corrected chi connectivity index (χ0v) is 12.3. The minimum atomic E-state index is 0.756. The lowest BCUT2D eigenvalue weighted by atomic mass is 9.95. The first kappa shape index (κ1) is 14.0. The Kier molecular flexibility index (Phi) is 6.15. The summed E-state index contributed by atoms with van der Waals surface area (Å²) in [6.45, 7) is 3.41. The lowest BCUT2D eigenvalue weighted by molar-refractivity contribution is 0.410. The Bertz CT molecular complexity index is 310. The molecule has 1 heterocycles. The van der Waals surface area contributed by atoms with Crippen molar-refractivity contribution in [2.24, 2.45) is 5.92 Å². The van der Waals surface area contributed by atoms with Crippen molar-refractivity contribution < 1.29 is 0 Å². The fraction of sp³-hybridized carbons (Fsp3) is 0.800. The molecule has 102 valence electrons. The third-order valence-corrected chi connectivity index (χ3v) is 4.88. The number of nitrogens with one attached hydrogen (secondary N) is 1. The highest BCUT2D eigenvalue weighted by atomic mass is 32.1. The van der Waals surface area contributed by atoms with Gasteiger partial charge in [0, 0.05) is 30.6 Å². The van der Waals surface area contributed by atoms with E-state index in [1.165, 1.54) is 50.0 Å². The van der Waals surface area contributed by atoms with E-state index in [2.05, 4.69) is 22.6 Å². The number of rotatable bonds is 6. The summed E-state index contributed by atoms with van der Waals surface area (Å²) in [4.78, 5) is 4.33. The van der Waals surface area contributed by atoms with Crippen molar-refractivity contribution in [3.63, 3.8) is 0 Å². The van der Waals surface area contributed by atoms with E-state index in [1.807, 2.05) is 6.20 Å². The van der Waals surface area contributed by atoms with E-state index in [-0.39, 0.29) is 0 Å². The van der Waals surface area contributed by atoms with Crippen molar-refractivity contribution in [3.8, 4) is 0 Å². The minimum Gasteiger partial charge on any atom is -0.314 e. The average molecular weight is 266 g/mol. The van der Waals surface area contributed by atoms with E-state index >= 15 is 0 Å². The van der Waals surface area contributed by atoms with Gasteiger partial charge in [-0.3, -0.25) is 0 Å². The van der Waals surface area contributed by atoms with E-state index in [1.54, 1.807) is 11.3 Å². The molecule has 0 aliphatic heterocycles. The molecule has 0 spiro atoms. The standard InChI is InChI=1S/C15H26N2S/c1-2-4-13-5-3-6-14(8-7-13)16-10-9-15-17-11-12-18-15/h11-14,16H,2-10H2,1H3. The Balaban J connectivity index is 1.64. The average Bonchev–Trinajstić information content (AvgIpc) is 2.78. The molecule has 0 radical (unpaired) electrons. The summed E-state index contributed by atoms with van der Waals surface area (Å²) in [6, 6.07) is 0.756. The number of hydrogen-bond donors (Lipinski definition) is 1. The zero-order chi connectivity index (χ0) is 12.6. The van der Waals surface area contributed by atoms with Crippen LogP contribution in [-0.4, -0.2) is 17.6 Å². The van der Waals surface area contributed by atoms with Crippen LogP contribution in [0.25, 0.3) is 0 Å². The summed E-state index contributed by atoms with van der Waals surface area (Å²) in [6.07, 6.45) is 12.8. The summed E-state index contributed by atoms with van der Waals surface area (Å²) in [5.41, 5.74) is 0. The molecule has 1 N–H and O–H groups in total. The molecule has 1 aromatic rings. The summed E-state index contributed by atoms with van der Waals surface area (Å²) >= 11 is 1.77. The van der Waals surface area contributed by atoms with Crippen molar-refractivity contribution in [1.29, 1.82) is 0 Å². The second kappa shape index (κ2) is 7.90. The van der Waals surface area contributed by atoms with Crippen LogP contribution in [0.1, 0.15) is 56.9 Å². The maximum atomic E-state index is 4.33. The molecule has 1 aliphatic rings. The quantitative estimate of drug-likeness (QED) is 0.787. The highest BCUT2D eigenvalue weighted by Crippen LogP contribution is 2.26. The van der Waals surface area contributed by atoms with Gasteiger partial charge in [0.2, 0.25) is 0 Å². The van der Waals surface area contributed by atoms with Crippen LogP contribution in [-0.2, 0) is 6.42 Å². The summed E-state index contributed by atoms with van der Waals surface area (Å²) in [5, 5.41) is 7.06. The SMILES string of the molecule is CCCC1CCCC(NCCc2nccs2)CC1. The molecule has 2 nitrogen and oxygen atoms in total. The normalized spacial score (nSPS) is 24.9. The van der Waals surface area contributed by atoms with Gasteiger partial charge in [0.15, 0.2) is 0 Å². The molecular formula is C15H26N2S. The van der Waals surface area contributed by atoms with E-state index in [9.17, 15) is 0 Å². The Hall–Kier alpha value is -0.410. The molecule has 1 fully saturated rings. The largest absolute Gasteiger partial charge is 0.314 e. The van der Waals surface area contributed by atoms with E-state index in [0.717, 1.165) is 24.9 Å². The molecule has 3 heteroatoms. The first-order chi connectivity index (χ1) is 8.88. The maximum absolute atomic E-state index is 4.33. The monoisotopic (exact) mass is 266 g/mol. The number of nitrogens with zero attached hydrogens (tertiary/aromatic N) is 1. The third kappa shape index (κ3) is 4.69. The van der Waals surface area contributed by atoms with Crippen LogP contribution in [0.4, 0.5) is 0 Å². The molecule has 0 amide bonds. The summed E-state index contributed by atoms with van der Waals surface area (Å²) < 4.78 is 0. The van der Waals surface area contributed by atoms with Gasteiger partial charge in [-0.15, -0.1) is 11.3 Å². The van der Waals surface area contributed by atoms with Crippen LogP contribution >= 0.6 is 11.3 Å². The lowest BCUT2D eigenvalue weighted by Gasteiger charge is -2.16. The molecular weight excluding hydrogens is 240 g/mol. The van der Waals surface area contributed by atoms with E-state index < -0.39 is 0 Å². The highest BCUT2D eigenvalue weighted by Gasteiger charge is 2.17. The van der Waals surface area contributed by atoms with Crippen LogP contribution in [0.15, 0.2) is 11.6 Å². The Morgan fingerprint density at radius 2 is 2.28 bits per heavy atom. The molecule has 18 heavy (non-hydrogen) atoms. The highest BCUT2D eigenvalue weighted by molar-refractivity contribution is 7.09. The van der Waals surface area contributed by atoms with Crippen LogP contribution in [0.5, 0.6) is 0 Å². The van der Waals surface area contributed by atoms with Crippen molar-refractivity contribution in [1.82, 2.24) is 10.3 Å². The predicted octanol–water partition coefficient (Wildman–Crippen LogP) is 4.02. The molecule has 2 unspecified atom stereocenters. The molecule has 1 saturated carbocycles. The van der Waals surface area contributed by atoms with Crippen molar-refractivity contribution in [3.05, 3.63) is 16.6 Å². The second-order valence-corrected chi connectivity index (χ2v) is 6.47. The van der Waals surface area contributed by atoms with Crippen molar-refractivity contribution in [2.45, 2.75) is 64.3 Å². The smallest absolute Gasteiger partial charge is 0.0937 e. The van der Waals surface area contributed by atoms with Crippen molar-refractivity contribution >= 4 is 11.3 Å². The topological polar surface area (TPSA) is 24.9 Å². The lowest BCUT2D eigenvalue weighted by Crippen LogP contribution is -2.30. The first-order valence-corrected chi connectivity index (χ1v) is 8.38. The fourth-order valence-electron chi connectivity index (χ4n) is 3.04. The zero-order valence-electron chi connectivity index (χ0n) is 11.5. The summed E-state index contributed by atoms with van der Waals surface area (Å²) in [5.74, 6) is 1.00. The van der Waals surface area contributed by atoms with Gasteiger partial charge in [0.1, 0.15) is 0 Å².